The van der Waals surface area contributed by atoms with Crippen LogP contribution < -0.4 is 0 Å². The minimum atomic E-state index is -4.35. The van der Waals surface area contributed by atoms with E-state index < -0.39 is 21.6 Å². The summed E-state index contributed by atoms with van der Waals surface area (Å²) in [4.78, 5) is 6.47. The van der Waals surface area contributed by atoms with Crippen molar-refractivity contribution in [3.63, 3.8) is 0 Å². The highest BCUT2D eigenvalue weighted by molar-refractivity contribution is 7.91. The van der Waals surface area contributed by atoms with Crippen molar-refractivity contribution in [1.82, 2.24) is 9.88 Å². The van der Waals surface area contributed by atoms with Crippen molar-refractivity contribution in [2.24, 2.45) is 0 Å². The van der Waals surface area contributed by atoms with Gasteiger partial charge in [0.05, 0.1) is 22.8 Å². The van der Waals surface area contributed by atoms with Crippen LogP contribution in [0, 0.1) is 0 Å². The number of aromatic nitrogens is 1. The van der Waals surface area contributed by atoms with Gasteiger partial charge >= 0.3 is 6.18 Å². The van der Waals surface area contributed by atoms with Crippen molar-refractivity contribution >= 4 is 21.2 Å². The Morgan fingerprint density at radius 2 is 1.75 bits per heavy atom. The maximum Gasteiger partial charge on any atom is 0.416 e. The average molecular weight is 376 g/mol. The summed E-state index contributed by atoms with van der Waals surface area (Å²) in [7, 11) is -2.91. The first-order valence-electron chi connectivity index (χ1n) is 7.28. The molecule has 1 saturated heterocycles. The normalized spacial score (nSPS) is 18.6. The van der Waals surface area contributed by atoms with Gasteiger partial charge in [0.2, 0.25) is 0 Å². The molecule has 4 nitrogen and oxygen atoms in total. The van der Waals surface area contributed by atoms with E-state index in [1.165, 1.54) is 23.5 Å². The van der Waals surface area contributed by atoms with E-state index in [-0.39, 0.29) is 11.5 Å². The van der Waals surface area contributed by atoms with Gasteiger partial charge < -0.3 is 0 Å². The van der Waals surface area contributed by atoms with Crippen molar-refractivity contribution in [3.05, 3.63) is 40.9 Å². The van der Waals surface area contributed by atoms with Gasteiger partial charge in [0.15, 0.2) is 9.84 Å². The number of halogens is 3. The molecule has 1 aliphatic rings. The molecule has 0 N–H and O–H groups in total. The smallest absolute Gasteiger partial charge is 0.295 e. The minimum absolute atomic E-state index is 0.156. The first kappa shape index (κ1) is 17.4. The number of thiazole rings is 1. The van der Waals surface area contributed by atoms with E-state index >= 15 is 0 Å². The second-order valence-corrected chi connectivity index (χ2v) is 8.81. The standard InChI is InChI=1S/C15H15F3N2O2S2/c16-15(17,18)12-3-1-11(2-4-12)14-19-13(10-23-14)9-20-5-7-24(21,22)8-6-20/h1-4,10H,5-9H2. The van der Waals surface area contributed by atoms with Gasteiger partial charge in [-0.25, -0.2) is 13.4 Å². The molecule has 0 radical (unpaired) electrons. The van der Waals surface area contributed by atoms with E-state index in [0.29, 0.717) is 30.2 Å². The van der Waals surface area contributed by atoms with Crippen LogP contribution >= 0.6 is 11.3 Å². The molecule has 1 aromatic carbocycles. The molecular formula is C15H15F3N2O2S2. The highest BCUT2D eigenvalue weighted by Crippen LogP contribution is 2.31. The van der Waals surface area contributed by atoms with Gasteiger partial charge in [-0.3, -0.25) is 4.90 Å². The molecule has 9 heteroatoms. The Labute approximate surface area is 141 Å². The van der Waals surface area contributed by atoms with Crippen LogP contribution in [0.25, 0.3) is 10.6 Å². The average Bonchev–Trinajstić information content (AvgIpc) is 2.97. The number of hydrogen-bond donors (Lipinski definition) is 0. The predicted molar refractivity (Wildman–Crippen MR) is 86.5 cm³/mol. The van der Waals surface area contributed by atoms with Gasteiger partial charge in [-0.05, 0) is 12.1 Å². The fraction of sp³-hybridized carbons (Fsp3) is 0.400. The molecule has 0 bridgehead atoms. The third-order valence-electron chi connectivity index (χ3n) is 3.83. The summed E-state index contributed by atoms with van der Waals surface area (Å²) >= 11 is 1.37. The van der Waals surface area contributed by atoms with E-state index in [9.17, 15) is 21.6 Å². The summed E-state index contributed by atoms with van der Waals surface area (Å²) in [5.41, 5.74) is 0.757. The summed E-state index contributed by atoms with van der Waals surface area (Å²) in [6.07, 6.45) is -4.35. The number of nitrogens with zero attached hydrogens (tertiary/aromatic N) is 2. The summed E-state index contributed by atoms with van der Waals surface area (Å²) in [5, 5.41) is 2.51. The van der Waals surface area contributed by atoms with Gasteiger partial charge in [-0.1, -0.05) is 12.1 Å². The van der Waals surface area contributed by atoms with Gasteiger partial charge in [0.1, 0.15) is 5.01 Å². The zero-order valence-corrected chi connectivity index (χ0v) is 14.2. The van der Waals surface area contributed by atoms with E-state index in [0.717, 1.165) is 17.8 Å². The molecule has 1 fully saturated rings. The quantitative estimate of drug-likeness (QED) is 0.826. The molecule has 2 heterocycles. The summed E-state index contributed by atoms with van der Waals surface area (Å²) in [6.45, 7) is 1.51. The van der Waals surface area contributed by atoms with Gasteiger partial charge in [-0.2, -0.15) is 13.2 Å². The lowest BCUT2D eigenvalue weighted by Crippen LogP contribution is -2.39. The van der Waals surface area contributed by atoms with Crippen LogP contribution in [-0.2, 0) is 22.6 Å². The highest BCUT2D eigenvalue weighted by Gasteiger charge is 2.30. The topological polar surface area (TPSA) is 50.3 Å². The van der Waals surface area contributed by atoms with Crippen molar-refractivity contribution in [2.75, 3.05) is 24.6 Å². The summed E-state index contributed by atoms with van der Waals surface area (Å²) in [6, 6.07) is 4.93. The molecule has 130 valence electrons. The second kappa shape index (κ2) is 6.45. The Morgan fingerprint density at radius 1 is 1.12 bits per heavy atom. The van der Waals surface area contributed by atoms with Crippen LogP contribution in [0.3, 0.4) is 0 Å². The molecule has 0 saturated carbocycles. The largest absolute Gasteiger partial charge is 0.416 e. The molecule has 0 unspecified atom stereocenters. The number of alkyl halides is 3. The fourth-order valence-electron chi connectivity index (χ4n) is 2.45. The van der Waals surface area contributed by atoms with E-state index in [4.69, 9.17) is 0 Å². The summed E-state index contributed by atoms with van der Waals surface area (Å²) < 4.78 is 60.6. The fourth-order valence-corrected chi connectivity index (χ4v) is 4.55. The molecular weight excluding hydrogens is 361 g/mol. The lowest BCUT2D eigenvalue weighted by Gasteiger charge is -2.25. The van der Waals surface area contributed by atoms with Crippen molar-refractivity contribution in [2.45, 2.75) is 12.7 Å². The molecule has 1 aliphatic heterocycles. The lowest BCUT2D eigenvalue weighted by atomic mass is 10.1. The molecule has 0 atom stereocenters. The summed E-state index contributed by atoms with van der Waals surface area (Å²) in [5.74, 6) is 0.311. The Bertz CT molecular complexity index is 800. The molecule has 0 amide bonds. The van der Waals surface area contributed by atoms with E-state index in [1.54, 1.807) is 0 Å². The Kier molecular flexibility index (Phi) is 4.67. The van der Waals surface area contributed by atoms with Gasteiger partial charge in [-0.15, -0.1) is 11.3 Å². The van der Waals surface area contributed by atoms with Crippen molar-refractivity contribution < 1.29 is 21.6 Å². The van der Waals surface area contributed by atoms with Crippen LogP contribution in [0.1, 0.15) is 11.3 Å². The van der Waals surface area contributed by atoms with Crippen LogP contribution in [-0.4, -0.2) is 42.9 Å². The molecule has 24 heavy (non-hydrogen) atoms. The Balaban J connectivity index is 1.67. The third-order valence-corrected chi connectivity index (χ3v) is 6.38. The number of rotatable bonds is 3. The van der Waals surface area contributed by atoms with Gasteiger partial charge in [0, 0.05) is 30.6 Å². The minimum Gasteiger partial charge on any atom is -0.295 e. The number of hydrogen-bond acceptors (Lipinski definition) is 5. The van der Waals surface area contributed by atoms with Crippen molar-refractivity contribution in [1.29, 1.82) is 0 Å². The third kappa shape index (κ3) is 4.14. The zero-order chi connectivity index (χ0) is 17.4. The first-order chi connectivity index (χ1) is 11.2. The lowest BCUT2D eigenvalue weighted by molar-refractivity contribution is -0.137. The SMILES string of the molecule is O=S1(=O)CCN(Cc2csc(-c3ccc(C(F)(F)F)cc3)n2)CC1. The van der Waals surface area contributed by atoms with Crippen molar-refractivity contribution in [3.8, 4) is 10.6 Å². The van der Waals surface area contributed by atoms with Crippen LogP contribution in [0.5, 0.6) is 0 Å². The van der Waals surface area contributed by atoms with Crippen LogP contribution in [0.2, 0.25) is 0 Å². The number of sulfone groups is 1. The zero-order valence-electron chi connectivity index (χ0n) is 12.6. The maximum atomic E-state index is 12.6. The van der Waals surface area contributed by atoms with E-state index in [1.807, 2.05) is 10.3 Å². The monoisotopic (exact) mass is 376 g/mol. The molecule has 0 spiro atoms. The first-order valence-corrected chi connectivity index (χ1v) is 9.98. The molecule has 1 aromatic heterocycles. The molecule has 3 rings (SSSR count). The Hall–Kier alpha value is -1.45. The van der Waals surface area contributed by atoms with Crippen LogP contribution in [0.4, 0.5) is 13.2 Å². The number of benzene rings is 1. The highest BCUT2D eigenvalue weighted by atomic mass is 32.2. The molecule has 0 aliphatic carbocycles. The van der Waals surface area contributed by atoms with E-state index in [2.05, 4.69) is 4.98 Å². The second-order valence-electron chi connectivity index (χ2n) is 5.65. The Morgan fingerprint density at radius 3 is 2.33 bits per heavy atom. The van der Waals surface area contributed by atoms with Crippen LogP contribution in [0.15, 0.2) is 29.6 Å². The van der Waals surface area contributed by atoms with Gasteiger partial charge in [0.25, 0.3) is 0 Å². The maximum absolute atomic E-state index is 12.6. The molecule has 2 aromatic rings. The predicted octanol–water partition coefficient (Wildman–Crippen LogP) is 3.06.